The van der Waals surface area contributed by atoms with Crippen molar-refractivity contribution in [1.82, 2.24) is 10.3 Å². The highest BCUT2D eigenvalue weighted by atomic mass is 35.5. The zero-order valence-corrected chi connectivity index (χ0v) is 11.5. The van der Waals surface area contributed by atoms with Crippen molar-refractivity contribution in [3.63, 3.8) is 0 Å². The van der Waals surface area contributed by atoms with E-state index in [2.05, 4.69) is 21.7 Å². The van der Waals surface area contributed by atoms with Gasteiger partial charge in [0, 0.05) is 29.2 Å². The first kappa shape index (κ1) is 12.6. The van der Waals surface area contributed by atoms with Crippen LogP contribution in [0.1, 0.15) is 21.8 Å². The molecule has 0 spiro atoms. The fraction of sp³-hybridized carbons (Fsp3) is 0.308. The fourth-order valence-corrected chi connectivity index (χ4v) is 2.49. The second-order valence-electron chi connectivity index (χ2n) is 4.07. The maximum absolute atomic E-state index is 6.08. The SMILES string of the molecule is Cc1csc(CNCc2ccc(C)c(Cl)c2)n1. The smallest absolute Gasteiger partial charge is 0.107 e. The van der Waals surface area contributed by atoms with Gasteiger partial charge in [0.05, 0.1) is 0 Å². The normalized spacial score (nSPS) is 10.8. The number of hydrogen-bond acceptors (Lipinski definition) is 3. The van der Waals surface area contributed by atoms with Gasteiger partial charge < -0.3 is 5.32 Å². The molecular formula is C13H15ClN2S. The molecule has 0 unspecified atom stereocenters. The Balaban J connectivity index is 1.87. The highest BCUT2D eigenvalue weighted by Crippen LogP contribution is 2.16. The first-order valence-corrected chi connectivity index (χ1v) is 6.77. The standard InChI is InChI=1S/C13H15ClN2S/c1-9-3-4-11(5-12(9)14)6-15-7-13-16-10(2)8-17-13/h3-5,8,15H,6-7H2,1-2H3. The van der Waals surface area contributed by atoms with Crippen LogP contribution in [0, 0.1) is 13.8 Å². The fourth-order valence-electron chi connectivity index (χ4n) is 1.54. The van der Waals surface area contributed by atoms with E-state index in [0.717, 1.165) is 34.4 Å². The number of benzene rings is 1. The molecule has 0 aliphatic heterocycles. The van der Waals surface area contributed by atoms with E-state index in [1.165, 1.54) is 5.56 Å². The lowest BCUT2D eigenvalue weighted by Crippen LogP contribution is -2.12. The predicted molar refractivity (Wildman–Crippen MR) is 73.6 cm³/mol. The topological polar surface area (TPSA) is 24.9 Å². The summed E-state index contributed by atoms with van der Waals surface area (Å²) in [6.07, 6.45) is 0. The number of rotatable bonds is 4. The molecule has 2 aromatic rings. The van der Waals surface area contributed by atoms with Crippen LogP contribution in [0.15, 0.2) is 23.6 Å². The zero-order chi connectivity index (χ0) is 12.3. The number of nitrogens with zero attached hydrogens (tertiary/aromatic N) is 1. The summed E-state index contributed by atoms with van der Waals surface area (Å²) in [5.41, 5.74) is 3.41. The van der Waals surface area contributed by atoms with Crippen LogP contribution in [0.25, 0.3) is 0 Å². The Bertz CT molecular complexity index is 508. The summed E-state index contributed by atoms with van der Waals surface area (Å²) in [4.78, 5) is 4.40. The number of halogens is 1. The molecule has 1 heterocycles. The third-order valence-electron chi connectivity index (χ3n) is 2.51. The Labute approximate surface area is 111 Å². The van der Waals surface area contributed by atoms with Crippen molar-refractivity contribution in [2.75, 3.05) is 0 Å². The van der Waals surface area contributed by atoms with Crippen LogP contribution in [-0.4, -0.2) is 4.98 Å². The van der Waals surface area contributed by atoms with Crippen molar-refractivity contribution in [3.05, 3.63) is 50.4 Å². The zero-order valence-electron chi connectivity index (χ0n) is 9.96. The largest absolute Gasteiger partial charge is 0.306 e. The van der Waals surface area contributed by atoms with Gasteiger partial charge in [-0.2, -0.15) is 0 Å². The van der Waals surface area contributed by atoms with E-state index in [1.54, 1.807) is 11.3 Å². The Morgan fingerprint density at radius 2 is 2.12 bits per heavy atom. The monoisotopic (exact) mass is 266 g/mol. The molecule has 0 radical (unpaired) electrons. The van der Waals surface area contributed by atoms with Crippen molar-refractivity contribution in [2.45, 2.75) is 26.9 Å². The van der Waals surface area contributed by atoms with Crippen LogP contribution < -0.4 is 5.32 Å². The Morgan fingerprint density at radius 3 is 2.76 bits per heavy atom. The lowest BCUT2D eigenvalue weighted by molar-refractivity contribution is 0.689. The molecule has 0 atom stereocenters. The van der Waals surface area contributed by atoms with E-state index in [1.807, 2.05) is 26.0 Å². The average Bonchev–Trinajstić information content (AvgIpc) is 2.70. The van der Waals surface area contributed by atoms with Crippen molar-refractivity contribution >= 4 is 22.9 Å². The molecule has 90 valence electrons. The van der Waals surface area contributed by atoms with E-state index < -0.39 is 0 Å². The van der Waals surface area contributed by atoms with Gasteiger partial charge in [0.1, 0.15) is 5.01 Å². The minimum absolute atomic E-state index is 0.810. The van der Waals surface area contributed by atoms with E-state index in [4.69, 9.17) is 11.6 Å². The Morgan fingerprint density at radius 1 is 1.29 bits per heavy atom. The molecule has 0 amide bonds. The second-order valence-corrected chi connectivity index (χ2v) is 5.42. The van der Waals surface area contributed by atoms with Crippen molar-refractivity contribution in [3.8, 4) is 0 Å². The molecule has 2 nitrogen and oxygen atoms in total. The summed E-state index contributed by atoms with van der Waals surface area (Å²) in [6.45, 7) is 5.65. The van der Waals surface area contributed by atoms with Crippen molar-refractivity contribution in [1.29, 1.82) is 0 Å². The molecule has 2 rings (SSSR count). The average molecular weight is 267 g/mol. The number of thiazole rings is 1. The molecule has 0 fully saturated rings. The van der Waals surface area contributed by atoms with E-state index in [0.29, 0.717) is 0 Å². The summed E-state index contributed by atoms with van der Waals surface area (Å²) in [5.74, 6) is 0. The maximum atomic E-state index is 6.08. The summed E-state index contributed by atoms with van der Waals surface area (Å²) >= 11 is 7.77. The van der Waals surface area contributed by atoms with Crippen LogP contribution in [0.3, 0.4) is 0 Å². The third-order valence-corrected chi connectivity index (χ3v) is 3.88. The predicted octanol–water partition coefficient (Wildman–Crippen LogP) is 3.70. The molecule has 0 saturated carbocycles. The molecule has 17 heavy (non-hydrogen) atoms. The number of hydrogen-bond donors (Lipinski definition) is 1. The second kappa shape index (κ2) is 5.63. The molecule has 0 aliphatic rings. The van der Waals surface area contributed by atoms with Gasteiger partial charge in [-0.05, 0) is 31.0 Å². The Hall–Kier alpha value is -0.900. The third kappa shape index (κ3) is 3.53. The minimum Gasteiger partial charge on any atom is -0.306 e. The van der Waals surface area contributed by atoms with Gasteiger partial charge in [-0.3, -0.25) is 0 Å². The Kier molecular flexibility index (Phi) is 4.15. The van der Waals surface area contributed by atoms with Crippen LogP contribution in [0.2, 0.25) is 5.02 Å². The van der Waals surface area contributed by atoms with E-state index >= 15 is 0 Å². The molecule has 4 heteroatoms. The molecule has 0 saturated heterocycles. The van der Waals surface area contributed by atoms with Crippen LogP contribution in [0.4, 0.5) is 0 Å². The summed E-state index contributed by atoms with van der Waals surface area (Å²) in [6, 6.07) is 6.16. The lowest BCUT2D eigenvalue weighted by Gasteiger charge is -2.05. The lowest BCUT2D eigenvalue weighted by atomic mass is 10.1. The van der Waals surface area contributed by atoms with Crippen LogP contribution in [-0.2, 0) is 13.1 Å². The summed E-state index contributed by atoms with van der Waals surface area (Å²) in [7, 11) is 0. The molecule has 1 N–H and O–H groups in total. The van der Waals surface area contributed by atoms with Gasteiger partial charge in [-0.15, -0.1) is 11.3 Å². The van der Waals surface area contributed by atoms with Crippen molar-refractivity contribution in [2.24, 2.45) is 0 Å². The first-order valence-electron chi connectivity index (χ1n) is 5.52. The number of aryl methyl sites for hydroxylation is 2. The molecule has 1 aromatic carbocycles. The first-order chi connectivity index (χ1) is 8.15. The molecule has 1 aromatic heterocycles. The molecule has 0 bridgehead atoms. The minimum atomic E-state index is 0.810. The summed E-state index contributed by atoms with van der Waals surface area (Å²) in [5, 5.41) is 7.39. The van der Waals surface area contributed by atoms with Gasteiger partial charge in [0.25, 0.3) is 0 Å². The van der Waals surface area contributed by atoms with Gasteiger partial charge in [-0.25, -0.2) is 4.98 Å². The van der Waals surface area contributed by atoms with E-state index in [-0.39, 0.29) is 0 Å². The highest BCUT2D eigenvalue weighted by molar-refractivity contribution is 7.09. The summed E-state index contributed by atoms with van der Waals surface area (Å²) < 4.78 is 0. The van der Waals surface area contributed by atoms with Crippen LogP contribution >= 0.6 is 22.9 Å². The highest BCUT2D eigenvalue weighted by Gasteiger charge is 2.00. The van der Waals surface area contributed by atoms with Gasteiger partial charge in [0.2, 0.25) is 0 Å². The molecular weight excluding hydrogens is 252 g/mol. The number of nitrogens with one attached hydrogen (secondary N) is 1. The number of aromatic nitrogens is 1. The van der Waals surface area contributed by atoms with Gasteiger partial charge >= 0.3 is 0 Å². The van der Waals surface area contributed by atoms with Crippen LogP contribution in [0.5, 0.6) is 0 Å². The molecule has 0 aliphatic carbocycles. The van der Waals surface area contributed by atoms with Crippen molar-refractivity contribution < 1.29 is 0 Å². The van der Waals surface area contributed by atoms with Gasteiger partial charge in [-0.1, -0.05) is 23.7 Å². The quantitative estimate of drug-likeness (QED) is 0.913. The van der Waals surface area contributed by atoms with Gasteiger partial charge in [0.15, 0.2) is 0 Å². The maximum Gasteiger partial charge on any atom is 0.107 e. The van der Waals surface area contributed by atoms with E-state index in [9.17, 15) is 0 Å².